The molecule has 0 aliphatic rings. The van der Waals surface area contributed by atoms with Crippen molar-refractivity contribution in [2.24, 2.45) is 0 Å². The van der Waals surface area contributed by atoms with Crippen LogP contribution in [0.4, 0.5) is 10.1 Å². The lowest BCUT2D eigenvalue weighted by Gasteiger charge is -2.09. The zero-order valence-corrected chi connectivity index (χ0v) is 11.5. The highest BCUT2D eigenvalue weighted by Gasteiger charge is 2.15. The molecule has 2 aromatic rings. The van der Waals surface area contributed by atoms with Crippen molar-refractivity contribution in [1.29, 1.82) is 0 Å². The maximum absolute atomic E-state index is 13.1. The van der Waals surface area contributed by atoms with Gasteiger partial charge in [-0.15, -0.1) is 0 Å². The summed E-state index contributed by atoms with van der Waals surface area (Å²) in [6, 6.07) is 11.7. The topological polar surface area (TPSA) is 46.2 Å². The maximum Gasteiger partial charge on any atom is 0.261 e. The summed E-state index contributed by atoms with van der Waals surface area (Å²) in [5.41, 5.74) is 0.166. The minimum Gasteiger partial charge on any atom is -0.278 e. The molecule has 0 fully saturated rings. The number of anilines is 1. The second kappa shape index (κ2) is 5.07. The van der Waals surface area contributed by atoms with E-state index in [4.69, 9.17) is 0 Å². The first kappa shape index (κ1) is 13.0. The summed E-state index contributed by atoms with van der Waals surface area (Å²) < 4.78 is 39.9. The summed E-state index contributed by atoms with van der Waals surface area (Å²) in [6.45, 7) is 0. The van der Waals surface area contributed by atoms with Crippen molar-refractivity contribution in [2.45, 2.75) is 4.90 Å². The summed E-state index contributed by atoms with van der Waals surface area (Å²) in [5, 5.41) is 0. The lowest BCUT2D eigenvalue weighted by Crippen LogP contribution is -2.13. The third-order valence-electron chi connectivity index (χ3n) is 2.23. The molecule has 94 valence electrons. The van der Waals surface area contributed by atoms with Crippen molar-refractivity contribution < 1.29 is 12.8 Å². The second-order valence-electron chi connectivity index (χ2n) is 3.54. The van der Waals surface area contributed by atoms with Crippen molar-refractivity contribution in [3.05, 3.63) is 58.8 Å². The summed E-state index contributed by atoms with van der Waals surface area (Å²) in [7, 11) is -3.70. The Kier molecular flexibility index (Phi) is 3.68. The minimum atomic E-state index is -3.70. The zero-order chi connectivity index (χ0) is 13.2. The third kappa shape index (κ3) is 2.88. The van der Waals surface area contributed by atoms with E-state index in [9.17, 15) is 12.8 Å². The summed E-state index contributed by atoms with van der Waals surface area (Å²) >= 11 is 3.16. The molecule has 0 unspecified atom stereocenters. The Morgan fingerprint density at radius 3 is 2.39 bits per heavy atom. The smallest absolute Gasteiger partial charge is 0.261 e. The van der Waals surface area contributed by atoms with Gasteiger partial charge < -0.3 is 0 Å². The second-order valence-corrected chi connectivity index (χ2v) is 6.08. The first-order valence-corrected chi connectivity index (χ1v) is 7.29. The molecule has 0 bridgehead atoms. The molecule has 0 atom stereocenters. The highest BCUT2D eigenvalue weighted by molar-refractivity contribution is 9.10. The molecule has 0 radical (unpaired) electrons. The normalized spacial score (nSPS) is 11.2. The Balaban J connectivity index is 2.37. The Hall–Kier alpha value is -1.40. The van der Waals surface area contributed by atoms with Gasteiger partial charge >= 0.3 is 0 Å². The Bertz CT molecular complexity index is 659. The molecule has 0 saturated heterocycles. The van der Waals surface area contributed by atoms with E-state index in [1.165, 1.54) is 24.3 Å². The van der Waals surface area contributed by atoms with E-state index < -0.39 is 15.8 Å². The lowest BCUT2D eigenvalue weighted by atomic mass is 10.3. The molecular formula is C12H9BrFNO2S. The SMILES string of the molecule is O=S(=O)(Nc1cc(F)ccc1Br)c1ccccc1. The number of nitrogens with one attached hydrogen (secondary N) is 1. The molecule has 0 spiro atoms. The molecule has 0 saturated carbocycles. The van der Waals surface area contributed by atoms with Gasteiger partial charge in [-0.05, 0) is 46.3 Å². The fraction of sp³-hybridized carbons (Fsp3) is 0. The fourth-order valence-electron chi connectivity index (χ4n) is 1.38. The predicted molar refractivity (Wildman–Crippen MR) is 71.4 cm³/mol. The monoisotopic (exact) mass is 329 g/mol. The van der Waals surface area contributed by atoms with E-state index in [0.29, 0.717) is 4.47 Å². The van der Waals surface area contributed by atoms with E-state index >= 15 is 0 Å². The van der Waals surface area contributed by atoms with Crippen LogP contribution in [0.15, 0.2) is 57.9 Å². The number of halogens is 2. The van der Waals surface area contributed by atoms with Gasteiger partial charge in [0.1, 0.15) is 5.82 Å². The van der Waals surface area contributed by atoms with Crippen LogP contribution in [0.1, 0.15) is 0 Å². The average molecular weight is 330 g/mol. The minimum absolute atomic E-state index is 0.126. The van der Waals surface area contributed by atoms with Gasteiger partial charge in [0.15, 0.2) is 0 Å². The van der Waals surface area contributed by atoms with Crippen LogP contribution in [-0.4, -0.2) is 8.42 Å². The van der Waals surface area contributed by atoms with Gasteiger partial charge in [0, 0.05) is 4.47 Å². The number of rotatable bonds is 3. The molecule has 0 heterocycles. The van der Waals surface area contributed by atoms with E-state index in [-0.39, 0.29) is 10.6 Å². The number of benzene rings is 2. The van der Waals surface area contributed by atoms with Gasteiger partial charge in [0.05, 0.1) is 10.6 Å². The molecule has 0 aliphatic carbocycles. The fourth-order valence-corrected chi connectivity index (χ4v) is 2.95. The average Bonchev–Trinajstić information content (AvgIpc) is 2.35. The first-order valence-electron chi connectivity index (χ1n) is 5.02. The molecule has 3 nitrogen and oxygen atoms in total. The number of hydrogen-bond acceptors (Lipinski definition) is 2. The van der Waals surface area contributed by atoms with Gasteiger partial charge in [0.25, 0.3) is 10.0 Å². The van der Waals surface area contributed by atoms with Crippen LogP contribution in [0.2, 0.25) is 0 Å². The Morgan fingerprint density at radius 1 is 1.06 bits per heavy atom. The predicted octanol–water partition coefficient (Wildman–Crippen LogP) is 3.39. The van der Waals surface area contributed by atoms with Gasteiger partial charge in [-0.1, -0.05) is 18.2 Å². The molecule has 18 heavy (non-hydrogen) atoms. The van der Waals surface area contributed by atoms with Gasteiger partial charge in [-0.2, -0.15) is 0 Å². The van der Waals surface area contributed by atoms with Crippen LogP contribution in [0, 0.1) is 5.82 Å². The van der Waals surface area contributed by atoms with E-state index in [0.717, 1.165) is 6.07 Å². The summed E-state index contributed by atoms with van der Waals surface area (Å²) in [5.74, 6) is -0.510. The van der Waals surface area contributed by atoms with Crippen LogP contribution in [0.3, 0.4) is 0 Å². The zero-order valence-electron chi connectivity index (χ0n) is 9.10. The molecular weight excluding hydrogens is 321 g/mol. The molecule has 0 aromatic heterocycles. The van der Waals surface area contributed by atoms with E-state index in [1.807, 2.05) is 0 Å². The van der Waals surface area contributed by atoms with Gasteiger partial charge in [-0.3, -0.25) is 4.72 Å². The van der Waals surface area contributed by atoms with Crippen LogP contribution in [0.5, 0.6) is 0 Å². The molecule has 6 heteroatoms. The largest absolute Gasteiger partial charge is 0.278 e. The van der Waals surface area contributed by atoms with Crippen LogP contribution < -0.4 is 4.72 Å². The standard InChI is InChI=1S/C12H9BrFNO2S/c13-11-7-6-9(14)8-12(11)15-18(16,17)10-4-2-1-3-5-10/h1-8,15H. The van der Waals surface area contributed by atoms with Crippen LogP contribution in [0.25, 0.3) is 0 Å². The van der Waals surface area contributed by atoms with E-state index in [2.05, 4.69) is 20.7 Å². The van der Waals surface area contributed by atoms with Crippen LogP contribution in [-0.2, 0) is 10.0 Å². The Morgan fingerprint density at radius 2 is 1.72 bits per heavy atom. The highest BCUT2D eigenvalue weighted by atomic mass is 79.9. The van der Waals surface area contributed by atoms with Crippen molar-refractivity contribution in [3.8, 4) is 0 Å². The quantitative estimate of drug-likeness (QED) is 0.938. The molecule has 2 rings (SSSR count). The Labute approximate surface area is 113 Å². The van der Waals surface area contributed by atoms with Gasteiger partial charge in [0.2, 0.25) is 0 Å². The number of sulfonamides is 1. The lowest BCUT2D eigenvalue weighted by molar-refractivity contribution is 0.601. The van der Waals surface area contributed by atoms with Crippen molar-refractivity contribution in [3.63, 3.8) is 0 Å². The molecule has 0 aliphatic heterocycles. The van der Waals surface area contributed by atoms with Crippen molar-refractivity contribution >= 4 is 31.6 Å². The highest BCUT2D eigenvalue weighted by Crippen LogP contribution is 2.25. The first-order chi connectivity index (χ1) is 8.49. The van der Waals surface area contributed by atoms with Crippen molar-refractivity contribution in [2.75, 3.05) is 4.72 Å². The maximum atomic E-state index is 13.1. The number of hydrogen-bond donors (Lipinski definition) is 1. The third-order valence-corrected chi connectivity index (χ3v) is 4.30. The molecule has 1 N–H and O–H groups in total. The van der Waals surface area contributed by atoms with Crippen molar-refractivity contribution in [1.82, 2.24) is 0 Å². The van der Waals surface area contributed by atoms with Gasteiger partial charge in [-0.25, -0.2) is 12.8 Å². The van der Waals surface area contributed by atoms with E-state index in [1.54, 1.807) is 18.2 Å². The molecule has 0 amide bonds. The summed E-state index contributed by atoms with van der Waals surface area (Å²) in [4.78, 5) is 0.126. The summed E-state index contributed by atoms with van der Waals surface area (Å²) in [6.07, 6.45) is 0. The molecule has 2 aromatic carbocycles. The van der Waals surface area contributed by atoms with Crippen LogP contribution >= 0.6 is 15.9 Å².